The molecule has 1 aliphatic heterocycles. The Morgan fingerprint density at radius 2 is 1.84 bits per heavy atom. The molecule has 10 heteroatoms. The van der Waals surface area contributed by atoms with Gasteiger partial charge in [0, 0.05) is 48.5 Å². The van der Waals surface area contributed by atoms with E-state index in [0.717, 1.165) is 32.0 Å². The standard InChI is InChI=1S/C22H28F3N5O2/c1-12(2)30-18(20-15-8-14(9-16(15)20)29-3-5-31-6-4-29)10-17(28-30)13-7-19(21(26)27-11-13)32-22(23,24)25/h7,10-12,14-16,20H,3-6,8-9H2,1-2H3,(H2,26,27)/t14?,15-,16+,20?. The summed E-state index contributed by atoms with van der Waals surface area (Å²) >= 11 is 0. The van der Waals surface area contributed by atoms with Gasteiger partial charge in [0.1, 0.15) is 0 Å². The van der Waals surface area contributed by atoms with Crippen molar-refractivity contribution in [1.29, 1.82) is 0 Å². The fourth-order valence-electron chi connectivity index (χ4n) is 5.51. The molecule has 0 aromatic carbocycles. The monoisotopic (exact) mass is 451 g/mol. The Kier molecular flexibility index (Phi) is 5.32. The predicted octanol–water partition coefficient (Wildman–Crippen LogP) is 3.83. The summed E-state index contributed by atoms with van der Waals surface area (Å²) in [5, 5.41) is 4.72. The van der Waals surface area contributed by atoms with Crippen molar-refractivity contribution in [3.63, 3.8) is 0 Å². The van der Waals surface area contributed by atoms with Crippen LogP contribution in [0.2, 0.25) is 0 Å². The van der Waals surface area contributed by atoms with Crippen molar-refractivity contribution < 1.29 is 22.6 Å². The van der Waals surface area contributed by atoms with Crippen LogP contribution in [0.3, 0.4) is 0 Å². The van der Waals surface area contributed by atoms with E-state index < -0.39 is 12.1 Å². The molecule has 1 saturated heterocycles. The number of pyridine rings is 1. The average Bonchev–Trinajstić information content (AvgIpc) is 3.09. The van der Waals surface area contributed by atoms with Gasteiger partial charge in [0.25, 0.3) is 0 Å². The number of ether oxygens (including phenoxy) is 2. The van der Waals surface area contributed by atoms with Crippen LogP contribution in [0.25, 0.3) is 11.3 Å². The summed E-state index contributed by atoms with van der Waals surface area (Å²) in [6.45, 7) is 7.77. The first-order valence-electron chi connectivity index (χ1n) is 11.1. The number of hydrogen-bond donors (Lipinski definition) is 1. The smallest absolute Gasteiger partial charge is 0.402 e. The minimum Gasteiger partial charge on any atom is -0.402 e. The first kappa shape index (κ1) is 21.5. The van der Waals surface area contributed by atoms with Gasteiger partial charge in [-0.1, -0.05) is 0 Å². The Morgan fingerprint density at radius 3 is 2.47 bits per heavy atom. The van der Waals surface area contributed by atoms with Gasteiger partial charge < -0.3 is 15.2 Å². The van der Waals surface area contributed by atoms with Crippen LogP contribution in [-0.2, 0) is 4.74 Å². The Hall–Kier alpha value is -2.33. The summed E-state index contributed by atoms with van der Waals surface area (Å²) in [5.74, 6) is 0.911. The Morgan fingerprint density at radius 1 is 1.16 bits per heavy atom. The van der Waals surface area contributed by atoms with Crippen LogP contribution in [0.1, 0.15) is 44.3 Å². The molecule has 174 valence electrons. The van der Waals surface area contributed by atoms with Crippen molar-refractivity contribution in [3.8, 4) is 17.0 Å². The topological polar surface area (TPSA) is 78.4 Å². The van der Waals surface area contributed by atoms with Crippen molar-refractivity contribution in [1.82, 2.24) is 19.7 Å². The highest BCUT2D eigenvalue weighted by Gasteiger charge is 2.58. The number of morpholine rings is 1. The fourth-order valence-corrected chi connectivity index (χ4v) is 5.51. The molecule has 0 radical (unpaired) electrons. The molecule has 5 rings (SSSR count). The molecule has 2 N–H and O–H groups in total. The normalized spacial score (nSPS) is 28.2. The second-order valence-corrected chi connectivity index (χ2v) is 9.27. The van der Waals surface area contributed by atoms with Gasteiger partial charge in [-0.2, -0.15) is 5.10 Å². The molecule has 3 fully saturated rings. The largest absolute Gasteiger partial charge is 0.573 e. The molecule has 0 amide bonds. The lowest BCUT2D eigenvalue weighted by atomic mass is 10.0. The van der Waals surface area contributed by atoms with Crippen LogP contribution in [0, 0.1) is 11.8 Å². The highest BCUT2D eigenvalue weighted by Crippen LogP contribution is 2.64. The van der Waals surface area contributed by atoms with Crippen LogP contribution in [0.15, 0.2) is 18.3 Å². The molecule has 3 heterocycles. The maximum atomic E-state index is 12.7. The van der Waals surface area contributed by atoms with Crippen molar-refractivity contribution in [2.45, 2.75) is 51.1 Å². The first-order valence-corrected chi connectivity index (χ1v) is 11.1. The lowest BCUT2D eigenvalue weighted by Gasteiger charge is -2.33. The van der Waals surface area contributed by atoms with Crippen LogP contribution >= 0.6 is 0 Å². The van der Waals surface area contributed by atoms with Crippen molar-refractivity contribution in [2.24, 2.45) is 11.8 Å². The molecule has 0 bridgehead atoms. The Labute approximate surface area is 184 Å². The maximum Gasteiger partial charge on any atom is 0.573 e. The zero-order chi connectivity index (χ0) is 22.6. The van der Waals surface area contributed by atoms with Crippen molar-refractivity contribution in [2.75, 3.05) is 32.0 Å². The molecule has 7 nitrogen and oxygen atoms in total. The number of fused-ring (bicyclic) bond motifs is 1. The number of aromatic nitrogens is 3. The van der Waals surface area contributed by atoms with Gasteiger partial charge in [-0.05, 0) is 50.7 Å². The summed E-state index contributed by atoms with van der Waals surface area (Å²) in [5.41, 5.74) is 7.77. The van der Waals surface area contributed by atoms with E-state index in [2.05, 4.69) is 28.5 Å². The van der Waals surface area contributed by atoms with Gasteiger partial charge in [-0.3, -0.25) is 9.58 Å². The molecule has 2 aromatic heterocycles. The number of nitrogens with two attached hydrogens (primary N) is 1. The lowest BCUT2D eigenvalue weighted by molar-refractivity contribution is -0.274. The third-order valence-corrected chi connectivity index (χ3v) is 6.98. The maximum absolute atomic E-state index is 12.7. The van der Waals surface area contributed by atoms with Crippen molar-refractivity contribution >= 4 is 5.82 Å². The number of nitrogen functional groups attached to an aromatic ring is 1. The molecule has 2 saturated carbocycles. The molecular formula is C22H28F3N5O2. The molecule has 32 heavy (non-hydrogen) atoms. The van der Waals surface area contributed by atoms with Gasteiger partial charge in [-0.15, -0.1) is 13.2 Å². The summed E-state index contributed by atoms with van der Waals surface area (Å²) in [6, 6.07) is 4.03. The number of alkyl halides is 3. The zero-order valence-electron chi connectivity index (χ0n) is 18.2. The van der Waals surface area contributed by atoms with Crippen molar-refractivity contribution in [3.05, 3.63) is 24.0 Å². The Bertz CT molecular complexity index is 974. The summed E-state index contributed by atoms with van der Waals surface area (Å²) in [7, 11) is 0. The lowest BCUT2D eigenvalue weighted by Crippen LogP contribution is -2.43. The third kappa shape index (κ3) is 4.05. The molecule has 4 atom stereocenters. The highest BCUT2D eigenvalue weighted by molar-refractivity contribution is 5.64. The van der Waals surface area contributed by atoms with Gasteiger partial charge >= 0.3 is 6.36 Å². The summed E-state index contributed by atoms with van der Waals surface area (Å²) in [4.78, 5) is 6.45. The third-order valence-electron chi connectivity index (χ3n) is 6.98. The van der Waals surface area contributed by atoms with Gasteiger partial charge in [0.05, 0.1) is 18.9 Å². The average molecular weight is 451 g/mol. The predicted molar refractivity (Wildman–Crippen MR) is 112 cm³/mol. The molecule has 3 aliphatic rings. The number of hydrogen-bond acceptors (Lipinski definition) is 6. The van der Waals surface area contributed by atoms with E-state index >= 15 is 0 Å². The highest BCUT2D eigenvalue weighted by atomic mass is 19.4. The molecule has 2 unspecified atom stereocenters. The Balaban J connectivity index is 1.36. The van der Waals surface area contributed by atoms with E-state index in [0.29, 0.717) is 35.1 Å². The molecule has 2 aromatic rings. The van der Waals surface area contributed by atoms with Crippen LogP contribution in [-0.4, -0.2) is 58.4 Å². The fraction of sp³-hybridized carbons (Fsp3) is 0.636. The van der Waals surface area contributed by atoms with Crippen LogP contribution in [0.4, 0.5) is 19.0 Å². The number of anilines is 1. The molecule has 2 aliphatic carbocycles. The number of nitrogens with zero attached hydrogens (tertiary/aromatic N) is 4. The van der Waals surface area contributed by atoms with E-state index in [1.807, 2.05) is 10.7 Å². The second-order valence-electron chi connectivity index (χ2n) is 9.27. The zero-order valence-corrected chi connectivity index (χ0v) is 18.2. The van der Waals surface area contributed by atoms with Crippen LogP contribution in [0.5, 0.6) is 5.75 Å². The quantitative estimate of drug-likeness (QED) is 0.745. The minimum atomic E-state index is -4.83. The first-order chi connectivity index (χ1) is 15.2. The minimum absolute atomic E-state index is 0.141. The van der Waals surface area contributed by atoms with Gasteiger partial charge in [0.2, 0.25) is 0 Å². The van der Waals surface area contributed by atoms with E-state index in [1.165, 1.54) is 25.1 Å². The summed E-state index contributed by atoms with van der Waals surface area (Å²) < 4.78 is 49.6. The van der Waals surface area contributed by atoms with E-state index in [4.69, 9.17) is 15.6 Å². The molecular weight excluding hydrogens is 423 g/mol. The van der Waals surface area contributed by atoms with Gasteiger partial charge in [-0.25, -0.2) is 4.98 Å². The summed E-state index contributed by atoms with van der Waals surface area (Å²) in [6.07, 6.45) is -1.03. The van der Waals surface area contributed by atoms with E-state index in [9.17, 15) is 13.2 Å². The second kappa shape index (κ2) is 7.91. The SMILES string of the molecule is CC(C)n1nc(-c2cnc(N)c(OC(F)(F)F)c2)cc1C1[C@H]2CC(N3CCOCC3)C[C@@H]12. The van der Waals surface area contributed by atoms with Gasteiger partial charge in [0.15, 0.2) is 11.6 Å². The molecule has 0 spiro atoms. The number of rotatable bonds is 5. The van der Waals surface area contributed by atoms with Crippen LogP contribution < -0.4 is 10.5 Å². The van der Waals surface area contributed by atoms with E-state index in [1.54, 1.807) is 0 Å². The number of halogens is 3. The van der Waals surface area contributed by atoms with E-state index in [-0.39, 0.29) is 11.9 Å².